The number of hydrogen-bond acceptors (Lipinski definition) is 4. The molecule has 0 bridgehead atoms. The van der Waals surface area contributed by atoms with Crippen molar-refractivity contribution in [2.24, 2.45) is 0 Å². The zero-order valence-electron chi connectivity index (χ0n) is 9.70. The van der Waals surface area contributed by atoms with E-state index in [1.807, 2.05) is 6.07 Å². The van der Waals surface area contributed by atoms with E-state index >= 15 is 0 Å². The third-order valence-corrected chi connectivity index (χ3v) is 3.13. The lowest BCUT2D eigenvalue weighted by atomic mass is 10.3. The van der Waals surface area contributed by atoms with Crippen molar-refractivity contribution in [1.29, 1.82) is 0 Å². The summed E-state index contributed by atoms with van der Waals surface area (Å²) >= 11 is 7.64. The Kier molecular flexibility index (Phi) is 6.76. The molecule has 90 valence electrons. The Morgan fingerprint density at radius 3 is 2.94 bits per heavy atom. The molecule has 1 rings (SSSR count). The van der Waals surface area contributed by atoms with Gasteiger partial charge in [0.05, 0.1) is 0 Å². The third kappa shape index (κ3) is 5.14. The van der Waals surface area contributed by atoms with Crippen LogP contribution in [0.5, 0.6) is 0 Å². The standard InChI is InChI=1S/C11H17ClN2OS/c1-3-5-10-13-9(12)8-11(14-10)16-7-4-6-15-2/h8H,3-7H2,1-2H3. The lowest BCUT2D eigenvalue weighted by Crippen LogP contribution is -1.97. The molecular weight excluding hydrogens is 244 g/mol. The molecule has 0 spiro atoms. The number of ether oxygens (including phenoxy) is 1. The Morgan fingerprint density at radius 1 is 1.44 bits per heavy atom. The van der Waals surface area contributed by atoms with Crippen LogP contribution >= 0.6 is 23.4 Å². The lowest BCUT2D eigenvalue weighted by Gasteiger charge is -2.04. The molecule has 0 saturated carbocycles. The largest absolute Gasteiger partial charge is 0.385 e. The Balaban J connectivity index is 2.51. The molecular formula is C11H17ClN2OS. The molecule has 1 aromatic rings. The average molecular weight is 261 g/mol. The molecule has 1 aromatic heterocycles. The average Bonchev–Trinajstić information content (AvgIpc) is 2.24. The molecule has 3 nitrogen and oxygen atoms in total. The van der Waals surface area contributed by atoms with Gasteiger partial charge in [0, 0.05) is 32.0 Å². The highest BCUT2D eigenvalue weighted by molar-refractivity contribution is 7.99. The van der Waals surface area contributed by atoms with Crippen LogP contribution in [-0.2, 0) is 11.2 Å². The zero-order valence-corrected chi connectivity index (χ0v) is 11.3. The summed E-state index contributed by atoms with van der Waals surface area (Å²) < 4.78 is 4.99. The van der Waals surface area contributed by atoms with Gasteiger partial charge in [-0.1, -0.05) is 18.5 Å². The van der Waals surface area contributed by atoms with Gasteiger partial charge in [-0.15, -0.1) is 11.8 Å². The van der Waals surface area contributed by atoms with Crippen molar-refractivity contribution in [2.75, 3.05) is 19.5 Å². The fourth-order valence-corrected chi connectivity index (χ4v) is 2.33. The van der Waals surface area contributed by atoms with Crippen molar-refractivity contribution in [3.63, 3.8) is 0 Å². The Bertz CT molecular complexity index is 323. The normalized spacial score (nSPS) is 10.7. The molecule has 0 amide bonds. The van der Waals surface area contributed by atoms with E-state index in [-0.39, 0.29) is 0 Å². The van der Waals surface area contributed by atoms with Crippen LogP contribution in [0.25, 0.3) is 0 Å². The Hall–Kier alpha value is -0.320. The minimum Gasteiger partial charge on any atom is -0.385 e. The van der Waals surface area contributed by atoms with Crippen LogP contribution in [0.15, 0.2) is 11.1 Å². The summed E-state index contributed by atoms with van der Waals surface area (Å²) in [5.74, 6) is 1.83. The van der Waals surface area contributed by atoms with Gasteiger partial charge in [0.2, 0.25) is 0 Å². The fraction of sp³-hybridized carbons (Fsp3) is 0.636. The monoisotopic (exact) mass is 260 g/mol. The quantitative estimate of drug-likeness (QED) is 0.428. The zero-order chi connectivity index (χ0) is 11.8. The summed E-state index contributed by atoms with van der Waals surface area (Å²) in [5.41, 5.74) is 0. The first kappa shape index (κ1) is 13.7. The molecule has 0 radical (unpaired) electrons. The van der Waals surface area contributed by atoms with Gasteiger partial charge in [0.15, 0.2) is 0 Å². The van der Waals surface area contributed by atoms with E-state index in [0.29, 0.717) is 5.15 Å². The molecule has 0 aliphatic heterocycles. The van der Waals surface area contributed by atoms with E-state index in [0.717, 1.165) is 42.5 Å². The van der Waals surface area contributed by atoms with Gasteiger partial charge in [-0.2, -0.15) is 0 Å². The van der Waals surface area contributed by atoms with Crippen molar-refractivity contribution in [1.82, 2.24) is 9.97 Å². The van der Waals surface area contributed by atoms with Crippen LogP contribution in [0.2, 0.25) is 5.15 Å². The van der Waals surface area contributed by atoms with Gasteiger partial charge in [-0.3, -0.25) is 0 Å². The summed E-state index contributed by atoms with van der Waals surface area (Å²) in [6, 6.07) is 1.82. The molecule has 5 heteroatoms. The highest BCUT2D eigenvalue weighted by Gasteiger charge is 2.03. The maximum atomic E-state index is 5.94. The van der Waals surface area contributed by atoms with E-state index in [4.69, 9.17) is 16.3 Å². The predicted octanol–water partition coefficient (Wildman–Crippen LogP) is 3.21. The van der Waals surface area contributed by atoms with Crippen LogP contribution in [-0.4, -0.2) is 29.4 Å². The molecule has 0 saturated heterocycles. The van der Waals surface area contributed by atoms with E-state index in [1.165, 1.54) is 0 Å². The first-order valence-corrected chi connectivity index (χ1v) is 6.77. The van der Waals surface area contributed by atoms with Gasteiger partial charge in [0.1, 0.15) is 16.0 Å². The molecule has 0 aliphatic carbocycles. The minimum absolute atomic E-state index is 0.535. The summed E-state index contributed by atoms with van der Waals surface area (Å²) in [7, 11) is 1.71. The Labute approximate surface area is 106 Å². The maximum Gasteiger partial charge on any atom is 0.133 e. The van der Waals surface area contributed by atoms with Gasteiger partial charge < -0.3 is 4.74 Å². The number of aromatic nitrogens is 2. The molecule has 16 heavy (non-hydrogen) atoms. The smallest absolute Gasteiger partial charge is 0.133 e. The highest BCUT2D eigenvalue weighted by Crippen LogP contribution is 2.19. The predicted molar refractivity (Wildman–Crippen MR) is 68.3 cm³/mol. The third-order valence-electron chi connectivity index (χ3n) is 1.93. The van der Waals surface area contributed by atoms with E-state index in [2.05, 4.69) is 16.9 Å². The number of rotatable bonds is 7. The first-order chi connectivity index (χ1) is 7.76. The lowest BCUT2D eigenvalue weighted by molar-refractivity contribution is 0.200. The summed E-state index contributed by atoms with van der Waals surface area (Å²) in [5, 5.41) is 1.49. The van der Waals surface area contributed by atoms with Crippen LogP contribution in [0.3, 0.4) is 0 Å². The summed E-state index contributed by atoms with van der Waals surface area (Å²) in [6.45, 7) is 2.89. The maximum absolute atomic E-state index is 5.94. The SMILES string of the molecule is CCCc1nc(Cl)cc(SCCCOC)n1. The van der Waals surface area contributed by atoms with Crippen molar-refractivity contribution in [3.05, 3.63) is 17.0 Å². The number of aryl methyl sites for hydroxylation is 1. The molecule has 0 aliphatic rings. The van der Waals surface area contributed by atoms with Crippen molar-refractivity contribution >= 4 is 23.4 Å². The molecule has 0 N–H and O–H groups in total. The van der Waals surface area contributed by atoms with Crippen LogP contribution < -0.4 is 0 Å². The van der Waals surface area contributed by atoms with Crippen LogP contribution in [0.1, 0.15) is 25.6 Å². The number of methoxy groups -OCH3 is 1. The van der Waals surface area contributed by atoms with Gasteiger partial charge in [0.25, 0.3) is 0 Å². The molecule has 0 aromatic carbocycles. The Morgan fingerprint density at radius 2 is 2.25 bits per heavy atom. The first-order valence-electron chi connectivity index (χ1n) is 5.41. The van der Waals surface area contributed by atoms with Gasteiger partial charge >= 0.3 is 0 Å². The van der Waals surface area contributed by atoms with E-state index in [1.54, 1.807) is 18.9 Å². The second-order valence-corrected chi connectivity index (χ2v) is 4.89. The molecule has 0 fully saturated rings. The van der Waals surface area contributed by atoms with Crippen LogP contribution in [0, 0.1) is 0 Å². The molecule has 0 atom stereocenters. The number of nitrogens with zero attached hydrogens (tertiary/aromatic N) is 2. The topological polar surface area (TPSA) is 35.0 Å². The number of hydrogen-bond donors (Lipinski definition) is 0. The van der Waals surface area contributed by atoms with Gasteiger partial charge in [-0.25, -0.2) is 9.97 Å². The fourth-order valence-electron chi connectivity index (χ4n) is 1.23. The van der Waals surface area contributed by atoms with E-state index in [9.17, 15) is 0 Å². The minimum atomic E-state index is 0.535. The second kappa shape index (κ2) is 7.87. The summed E-state index contributed by atoms with van der Waals surface area (Å²) in [4.78, 5) is 8.63. The van der Waals surface area contributed by atoms with Crippen LogP contribution in [0.4, 0.5) is 0 Å². The summed E-state index contributed by atoms with van der Waals surface area (Å²) in [6.07, 6.45) is 2.94. The van der Waals surface area contributed by atoms with Crippen molar-refractivity contribution in [3.8, 4) is 0 Å². The number of thioether (sulfide) groups is 1. The van der Waals surface area contributed by atoms with Crippen molar-refractivity contribution in [2.45, 2.75) is 31.2 Å². The second-order valence-electron chi connectivity index (χ2n) is 3.39. The van der Waals surface area contributed by atoms with Crippen molar-refractivity contribution < 1.29 is 4.74 Å². The number of halogens is 1. The molecule has 0 unspecified atom stereocenters. The highest BCUT2D eigenvalue weighted by atomic mass is 35.5. The molecule has 1 heterocycles. The van der Waals surface area contributed by atoms with Gasteiger partial charge in [-0.05, 0) is 12.8 Å². The van der Waals surface area contributed by atoms with E-state index < -0.39 is 0 Å².